The second-order valence-electron chi connectivity index (χ2n) is 11.5. The summed E-state index contributed by atoms with van der Waals surface area (Å²) < 4.78 is 44.4. The van der Waals surface area contributed by atoms with E-state index in [-0.39, 0.29) is 47.2 Å². The molecule has 0 spiro atoms. The molecule has 2 aromatic rings. The average Bonchev–Trinajstić information content (AvgIpc) is 3.63. The SMILES string of the molecule is C[C@]1(C(=O)O)CC[C@H](n2ncc(C(=O)N(CC(=O)c3c(Cl)cncc3Cl)[C@@H]3C[C@@H]4CC[C@H]3C4)c2C(F)(F)F)CC1. The van der Waals surface area contributed by atoms with Crippen LogP contribution in [0.15, 0.2) is 18.6 Å². The molecule has 0 saturated heterocycles. The van der Waals surface area contributed by atoms with Crippen LogP contribution in [0.25, 0.3) is 0 Å². The Balaban J connectivity index is 1.49. The van der Waals surface area contributed by atoms with Crippen molar-refractivity contribution in [3.05, 3.63) is 45.5 Å². The maximum atomic E-state index is 14.5. The van der Waals surface area contributed by atoms with E-state index in [1.165, 1.54) is 17.3 Å². The third-order valence-corrected chi connectivity index (χ3v) is 9.60. The third-order valence-electron chi connectivity index (χ3n) is 9.02. The number of ketones is 1. The Kier molecular flexibility index (Phi) is 7.67. The Bertz CT molecular complexity index is 1320. The first-order valence-electron chi connectivity index (χ1n) is 13.3. The van der Waals surface area contributed by atoms with Crippen molar-refractivity contribution in [2.75, 3.05) is 6.54 Å². The van der Waals surface area contributed by atoms with Crippen molar-refractivity contribution in [1.29, 1.82) is 0 Å². The number of carbonyl (C=O) groups is 3. The molecule has 3 saturated carbocycles. The van der Waals surface area contributed by atoms with Crippen LogP contribution in [-0.4, -0.2) is 55.0 Å². The monoisotopic (exact) mass is 600 g/mol. The van der Waals surface area contributed by atoms with Gasteiger partial charge in [-0.1, -0.05) is 29.6 Å². The summed E-state index contributed by atoms with van der Waals surface area (Å²) >= 11 is 12.3. The van der Waals surface area contributed by atoms with E-state index < -0.39 is 59.1 Å². The van der Waals surface area contributed by atoms with Gasteiger partial charge in [-0.25, -0.2) is 0 Å². The van der Waals surface area contributed by atoms with Crippen LogP contribution < -0.4 is 0 Å². The number of carboxylic acid groups (broad SMARTS) is 1. The van der Waals surface area contributed by atoms with Gasteiger partial charge in [0, 0.05) is 18.4 Å². The predicted molar refractivity (Wildman–Crippen MR) is 139 cm³/mol. The highest BCUT2D eigenvalue weighted by Gasteiger charge is 2.48. The van der Waals surface area contributed by atoms with Crippen molar-refractivity contribution in [1.82, 2.24) is 19.7 Å². The average molecular weight is 601 g/mol. The van der Waals surface area contributed by atoms with E-state index in [1.807, 2.05) is 0 Å². The van der Waals surface area contributed by atoms with Crippen LogP contribution >= 0.6 is 23.2 Å². The number of amides is 1. The molecule has 2 aromatic heterocycles. The summed E-state index contributed by atoms with van der Waals surface area (Å²) in [6, 6.07) is -1.11. The molecule has 1 N–H and O–H groups in total. The summed E-state index contributed by atoms with van der Waals surface area (Å²) in [5, 5.41) is 13.5. The van der Waals surface area contributed by atoms with Gasteiger partial charge in [0.25, 0.3) is 5.91 Å². The number of aromatic nitrogens is 3. The van der Waals surface area contributed by atoms with Crippen molar-refractivity contribution in [3.63, 3.8) is 0 Å². The molecule has 2 heterocycles. The Hall–Kier alpha value is -2.66. The van der Waals surface area contributed by atoms with Gasteiger partial charge in [-0.15, -0.1) is 0 Å². The fourth-order valence-corrected chi connectivity index (χ4v) is 7.35. The third kappa shape index (κ3) is 5.22. The lowest BCUT2D eigenvalue weighted by molar-refractivity contribution is -0.152. The molecule has 40 heavy (non-hydrogen) atoms. The molecule has 2 bridgehead atoms. The lowest BCUT2D eigenvalue weighted by Gasteiger charge is -2.35. The summed E-state index contributed by atoms with van der Waals surface area (Å²) in [7, 11) is 0. The molecule has 3 aliphatic carbocycles. The van der Waals surface area contributed by atoms with Gasteiger partial charge in [0.15, 0.2) is 11.5 Å². The minimum absolute atomic E-state index is 0.00713. The van der Waals surface area contributed by atoms with Crippen LogP contribution in [0, 0.1) is 17.3 Å². The minimum Gasteiger partial charge on any atom is -0.481 e. The summed E-state index contributed by atoms with van der Waals surface area (Å²) in [6.07, 6.45) is 2.52. The van der Waals surface area contributed by atoms with Crippen molar-refractivity contribution in [3.8, 4) is 0 Å². The first-order valence-corrected chi connectivity index (χ1v) is 14.1. The highest BCUT2D eigenvalue weighted by molar-refractivity contribution is 6.39. The number of nitrogens with zero attached hydrogens (tertiary/aromatic N) is 4. The molecular weight excluding hydrogens is 572 g/mol. The molecular formula is C27H29Cl2F3N4O4. The molecule has 0 radical (unpaired) electrons. The van der Waals surface area contributed by atoms with Gasteiger partial charge in [0.05, 0.1) is 45.4 Å². The van der Waals surface area contributed by atoms with E-state index in [9.17, 15) is 32.7 Å². The molecule has 5 rings (SSSR count). The van der Waals surface area contributed by atoms with E-state index in [0.717, 1.165) is 30.1 Å². The number of fused-ring (bicyclic) bond motifs is 2. The molecule has 3 fully saturated rings. The lowest BCUT2D eigenvalue weighted by atomic mass is 9.74. The van der Waals surface area contributed by atoms with Crippen LogP contribution in [-0.2, 0) is 11.0 Å². The van der Waals surface area contributed by atoms with E-state index in [0.29, 0.717) is 12.3 Å². The topological polar surface area (TPSA) is 105 Å². The number of carbonyl (C=O) groups excluding carboxylic acids is 2. The van der Waals surface area contributed by atoms with Gasteiger partial charge in [-0.05, 0) is 63.7 Å². The maximum absolute atomic E-state index is 14.5. The molecule has 1 amide bonds. The first-order chi connectivity index (χ1) is 18.8. The summed E-state index contributed by atoms with van der Waals surface area (Å²) in [5.74, 6) is -2.06. The normalized spacial score (nSPS) is 28.1. The molecule has 13 heteroatoms. The Morgan fingerprint density at radius 1 is 1.07 bits per heavy atom. The van der Waals surface area contributed by atoms with Crippen LogP contribution in [0.2, 0.25) is 10.0 Å². The van der Waals surface area contributed by atoms with Crippen molar-refractivity contribution >= 4 is 40.9 Å². The van der Waals surface area contributed by atoms with Crippen LogP contribution in [0.4, 0.5) is 13.2 Å². The number of hydrogen-bond acceptors (Lipinski definition) is 5. The summed E-state index contributed by atoms with van der Waals surface area (Å²) in [6.45, 7) is 1.10. The largest absolute Gasteiger partial charge is 0.481 e. The second-order valence-corrected chi connectivity index (χ2v) is 12.3. The van der Waals surface area contributed by atoms with Crippen molar-refractivity contribution < 1.29 is 32.7 Å². The molecule has 3 aliphatic rings. The Morgan fingerprint density at radius 2 is 1.73 bits per heavy atom. The zero-order chi connectivity index (χ0) is 29.0. The number of aliphatic carboxylic acids is 1. The minimum atomic E-state index is -4.91. The van der Waals surface area contributed by atoms with Crippen molar-refractivity contribution in [2.45, 2.75) is 76.6 Å². The van der Waals surface area contributed by atoms with Crippen molar-refractivity contribution in [2.24, 2.45) is 17.3 Å². The van der Waals surface area contributed by atoms with Gasteiger partial charge in [0.2, 0.25) is 0 Å². The first kappa shape index (κ1) is 28.9. The number of halogens is 5. The van der Waals surface area contributed by atoms with Crippen LogP contribution in [0.1, 0.15) is 90.7 Å². The van der Waals surface area contributed by atoms with Gasteiger partial charge < -0.3 is 10.0 Å². The number of Topliss-reactive ketones (excluding diaryl/α,β-unsaturated/α-hetero) is 1. The molecule has 3 atom stereocenters. The summed E-state index contributed by atoms with van der Waals surface area (Å²) in [5.41, 5.74) is -2.85. The quantitative estimate of drug-likeness (QED) is 0.373. The smallest absolute Gasteiger partial charge is 0.433 e. The predicted octanol–water partition coefficient (Wildman–Crippen LogP) is 6.32. The molecule has 216 valence electrons. The summed E-state index contributed by atoms with van der Waals surface area (Å²) in [4.78, 5) is 44.0. The highest BCUT2D eigenvalue weighted by Crippen LogP contribution is 2.48. The van der Waals surface area contributed by atoms with Gasteiger partial charge in [0.1, 0.15) is 0 Å². The number of pyridine rings is 1. The number of carboxylic acids is 1. The molecule has 8 nitrogen and oxygen atoms in total. The zero-order valence-corrected chi connectivity index (χ0v) is 23.3. The second kappa shape index (κ2) is 10.6. The Morgan fingerprint density at radius 3 is 2.25 bits per heavy atom. The van der Waals surface area contributed by atoms with E-state index in [2.05, 4.69) is 10.1 Å². The van der Waals surface area contributed by atoms with E-state index in [1.54, 1.807) is 6.92 Å². The lowest BCUT2D eigenvalue weighted by Crippen LogP contribution is -2.46. The van der Waals surface area contributed by atoms with E-state index in [4.69, 9.17) is 23.2 Å². The van der Waals surface area contributed by atoms with Gasteiger partial charge in [-0.2, -0.15) is 18.3 Å². The number of alkyl halides is 3. The highest BCUT2D eigenvalue weighted by atomic mass is 35.5. The van der Waals surface area contributed by atoms with Gasteiger partial charge in [-0.3, -0.25) is 24.0 Å². The van der Waals surface area contributed by atoms with Crippen LogP contribution in [0.5, 0.6) is 0 Å². The fourth-order valence-electron chi connectivity index (χ4n) is 6.78. The fraction of sp³-hybridized carbons (Fsp3) is 0.593. The number of rotatable bonds is 7. The standard InChI is InChI=1S/C27H29Cl2F3N4O4/c1-26(25(39)40)6-4-16(5-7-26)36-23(27(30,31)32)17(10-34-36)24(38)35(20-9-14-2-3-15(20)8-14)13-21(37)22-18(28)11-33-12-19(22)29/h10-12,14-16,20H,2-9,13H2,1H3,(H,39,40)/t14-,15+,16-,20-,26-/m1/s1. The van der Waals surface area contributed by atoms with E-state index >= 15 is 0 Å². The number of hydrogen-bond donors (Lipinski definition) is 1. The molecule has 0 aromatic carbocycles. The molecule has 0 aliphatic heterocycles. The maximum Gasteiger partial charge on any atom is 0.433 e. The van der Waals surface area contributed by atoms with Crippen LogP contribution in [0.3, 0.4) is 0 Å². The molecule has 0 unspecified atom stereocenters. The van der Waals surface area contributed by atoms with Gasteiger partial charge >= 0.3 is 12.1 Å². The Labute approximate surface area is 238 Å². The zero-order valence-electron chi connectivity index (χ0n) is 21.8.